The van der Waals surface area contributed by atoms with Gasteiger partial charge < -0.3 is 19.5 Å². The van der Waals surface area contributed by atoms with E-state index in [9.17, 15) is 4.79 Å². The Morgan fingerprint density at radius 3 is 2.43 bits per heavy atom. The summed E-state index contributed by atoms with van der Waals surface area (Å²) in [5.41, 5.74) is 2.93. The summed E-state index contributed by atoms with van der Waals surface area (Å²) < 4.78 is 16.0. The largest absolute Gasteiger partial charge is 0.497 e. The molecule has 0 saturated carbocycles. The normalized spacial score (nSPS) is 10.5. The van der Waals surface area contributed by atoms with E-state index in [4.69, 9.17) is 14.2 Å². The second-order valence-electron chi connectivity index (χ2n) is 6.40. The first-order valence-electron chi connectivity index (χ1n) is 9.07. The highest BCUT2D eigenvalue weighted by Crippen LogP contribution is 2.25. The monoisotopic (exact) mass is 380 g/mol. The number of pyridine rings is 1. The van der Waals surface area contributed by atoms with Gasteiger partial charge in [0.05, 0.1) is 19.7 Å². The smallest absolute Gasteiger partial charge is 0.258 e. The van der Waals surface area contributed by atoms with Crippen molar-refractivity contribution in [1.82, 2.24) is 10.3 Å². The molecule has 0 atom stereocenters. The third-order valence-electron chi connectivity index (χ3n) is 4.45. The van der Waals surface area contributed by atoms with Crippen LogP contribution in [-0.4, -0.2) is 38.3 Å². The van der Waals surface area contributed by atoms with Crippen LogP contribution in [0.5, 0.6) is 17.4 Å². The van der Waals surface area contributed by atoms with Crippen LogP contribution in [0.3, 0.4) is 0 Å². The summed E-state index contributed by atoms with van der Waals surface area (Å²) in [6.45, 7) is 2.44. The van der Waals surface area contributed by atoms with Gasteiger partial charge in [0.2, 0.25) is 5.88 Å². The zero-order chi connectivity index (χ0) is 19.9. The summed E-state index contributed by atoms with van der Waals surface area (Å²) >= 11 is 0. The van der Waals surface area contributed by atoms with Gasteiger partial charge in [0.15, 0.2) is 6.61 Å². The standard InChI is InChI=1S/C22H24N2O4/c1-15-12-22(24-20-13-18(27-3)8-9-19(15)20)28-14-21(25)23-11-10-16-4-6-17(26-2)7-5-16/h4-9,12-13H,10-11,14H2,1-3H3,(H,23,25). The molecule has 0 radical (unpaired) electrons. The van der Waals surface area contributed by atoms with Crippen molar-refractivity contribution in [1.29, 1.82) is 0 Å². The molecule has 1 amide bonds. The lowest BCUT2D eigenvalue weighted by Crippen LogP contribution is -2.30. The lowest BCUT2D eigenvalue weighted by molar-refractivity contribution is -0.123. The molecule has 0 spiro atoms. The zero-order valence-electron chi connectivity index (χ0n) is 16.3. The van der Waals surface area contributed by atoms with E-state index in [-0.39, 0.29) is 12.5 Å². The number of methoxy groups -OCH3 is 2. The second kappa shape index (κ2) is 9.08. The molecule has 0 aliphatic heterocycles. The number of hydrogen-bond donors (Lipinski definition) is 1. The number of fused-ring (bicyclic) bond motifs is 1. The van der Waals surface area contributed by atoms with Gasteiger partial charge >= 0.3 is 0 Å². The Balaban J connectivity index is 1.52. The number of aryl methyl sites for hydroxylation is 1. The molecule has 3 rings (SSSR count). The summed E-state index contributed by atoms with van der Waals surface area (Å²) in [7, 11) is 3.25. The van der Waals surface area contributed by atoms with Gasteiger partial charge in [-0.25, -0.2) is 4.98 Å². The summed E-state index contributed by atoms with van der Waals surface area (Å²) in [4.78, 5) is 16.5. The lowest BCUT2D eigenvalue weighted by Gasteiger charge is -2.10. The fourth-order valence-electron chi connectivity index (χ4n) is 2.88. The third-order valence-corrected chi connectivity index (χ3v) is 4.45. The van der Waals surface area contributed by atoms with Crippen LogP contribution in [-0.2, 0) is 11.2 Å². The van der Waals surface area contributed by atoms with E-state index in [1.54, 1.807) is 14.2 Å². The average Bonchev–Trinajstić information content (AvgIpc) is 2.72. The quantitative estimate of drug-likeness (QED) is 0.649. The van der Waals surface area contributed by atoms with Gasteiger partial charge in [0.25, 0.3) is 5.91 Å². The number of hydrogen-bond acceptors (Lipinski definition) is 5. The van der Waals surface area contributed by atoms with E-state index in [0.717, 1.165) is 39.9 Å². The molecule has 1 heterocycles. The maximum absolute atomic E-state index is 12.1. The van der Waals surface area contributed by atoms with Crippen molar-refractivity contribution in [2.75, 3.05) is 27.4 Å². The van der Waals surface area contributed by atoms with E-state index in [1.165, 1.54) is 0 Å². The first kappa shape index (κ1) is 19.5. The number of carbonyl (C=O) groups excluding carboxylic acids is 1. The fraction of sp³-hybridized carbons (Fsp3) is 0.273. The molecule has 1 N–H and O–H groups in total. The van der Waals surface area contributed by atoms with E-state index in [0.29, 0.717) is 12.4 Å². The predicted octanol–water partition coefficient (Wildman–Crippen LogP) is 3.30. The Hall–Kier alpha value is -3.28. The highest BCUT2D eigenvalue weighted by molar-refractivity contribution is 5.84. The van der Waals surface area contributed by atoms with Gasteiger partial charge in [-0.05, 0) is 48.7 Å². The SMILES string of the molecule is COc1ccc(CCNC(=O)COc2cc(C)c3ccc(OC)cc3n2)cc1. The molecule has 146 valence electrons. The molecule has 1 aromatic heterocycles. The first-order chi connectivity index (χ1) is 13.6. The number of nitrogens with zero attached hydrogens (tertiary/aromatic N) is 1. The van der Waals surface area contributed by atoms with Crippen molar-refractivity contribution < 1.29 is 19.0 Å². The molecule has 6 heteroatoms. The molecule has 0 aliphatic carbocycles. The number of rotatable bonds is 8. The second-order valence-corrected chi connectivity index (χ2v) is 6.40. The third kappa shape index (κ3) is 4.91. The maximum Gasteiger partial charge on any atom is 0.258 e. The number of carbonyl (C=O) groups is 1. The molecule has 0 fully saturated rings. The molecular formula is C22H24N2O4. The lowest BCUT2D eigenvalue weighted by atomic mass is 10.1. The van der Waals surface area contributed by atoms with Crippen molar-refractivity contribution in [3.63, 3.8) is 0 Å². The predicted molar refractivity (Wildman–Crippen MR) is 108 cm³/mol. The Kier molecular flexibility index (Phi) is 6.32. The number of nitrogens with one attached hydrogen (secondary N) is 1. The van der Waals surface area contributed by atoms with Crippen molar-refractivity contribution in [3.05, 3.63) is 59.7 Å². The van der Waals surface area contributed by atoms with E-state index in [1.807, 2.05) is 55.5 Å². The van der Waals surface area contributed by atoms with Gasteiger partial charge in [0.1, 0.15) is 11.5 Å². The van der Waals surface area contributed by atoms with Crippen LogP contribution < -0.4 is 19.5 Å². The number of ether oxygens (including phenoxy) is 3. The van der Waals surface area contributed by atoms with Crippen molar-refractivity contribution in [2.45, 2.75) is 13.3 Å². The number of benzene rings is 2. The van der Waals surface area contributed by atoms with Crippen LogP contribution in [0.2, 0.25) is 0 Å². The zero-order valence-corrected chi connectivity index (χ0v) is 16.3. The van der Waals surface area contributed by atoms with Crippen LogP contribution in [0.4, 0.5) is 0 Å². The first-order valence-corrected chi connectivity index (χ1v) is 9.07. The summed E-state index contributed by atoms with van der Waals surface area (Å²) in [5, 5.41) is 3.88. The topological polar surface area (TPSA) is 69.7 Å². The molecule has 2 aromatic carbocycles. The highest BCUT2D eigenvalue weighted by atomic mass is 16.5. The molecule has 0 saturated heterocycles. The van der Waals surface area contributed by atoms with Crippen LogP contribution in [0.1, 0.15) is 11.1 Å². The molecular weight excluding hydrogens is 356 g/mol. The van der Waals surface area contributed by atoms with Crippen LogP contribution in [0, 0.1) is 6.92 Å². The Bertz CT molecular complexity index is 955. The summed E-state index contributed by atoms with van der Waals surface area (Å²) in [6, 6.07) is 15.3. The van der Waals surface area contributed by atoms with Crippen molar-refractivity contribution >= 4 is 16.8 Å². The minimum atomic E-state index is -0.182. The summed E-state index contributed by atoms with van der Waals surface area (Å²) in [6.07, 6.45) is 0.739. The minimum absolute atomic E-state index is 0.0788. The van der Waals surface area contributed by atoms with E-state index in [2.05, 4.69) is 10.3 Å². The summed E-state index contributed by atoms with van der Waals surface area (Å²) in [5.74, 6) is 1.78. The number of aromatic nitrogens is 1. The highest BCUT2D eigenvalue weighted by Gasteiger charge is 2.08. The molecule has 6 nitrogen and oxygen atoms in total. The van der Waals surface area contributed by atoms with E-state index >= 15 is 0 Å². The Morgan fingerprint density at radius 1 is 1.00 bits per heavy atom. The van der Waals surface area contributed by atoms with Crippen molar-refractivity contribution in [2.24, 2.45) is 0 Å². The van der Waals surface area contributed by atoms with Gasteiger partial charge in [-0.3, -0.25) is 4.79 Å². The Labute approximate surface area is 164 Å². The minimum Gasteiger partial charge on any atom is -0.497 e. The Morgan fingerprint density at radius 2 is 1.71 bits per heavy atom. The molecule has 0 aliphatic rings. The van der Waals surface area contributed by atoms with Crippen molar-refractivity contribution in [3.8, 4) is 17.4 Å². The molecule has 3 aromatic rings. The van der Waals surface area contributed by atoms with Gasteiger partial charge in [0, 0.05) is 24.1 Å². The van der Waals surface area contributed by atoms with Crippen LogP contribution >= 0.6 is 0 Å². The number of amides is 1. The average molecular weight is 380 g/mol. The van der Waals surface area contributed by atoms with Gasteiger partial charge in [-0.2, -0.15) is 0 Å². The molecule has 0 unspecified atom stereocenters. The maximum atomic E-state index is 12.1. The van der Waals surface area contributed by atoms with E-state index < -0.39 is 0 Å². The molecule has 28 heavy (non-hydrogen) atoms. The van der Waals surface area contributed by atoms with Gasteiger partial charge in [-0.1, -0.05) is 12.1 Å². The van der Waals surface area contributed by atoms with Gasteiger partial charge in [-0.15, -0.1) is 0 Å². The van der Waals surface area contributed by atoms with Crippen LogP contribution in [0.25, 0.3) is 10.9 Å². The fourth-order valence-corrected chi connectivity index (χ4v) is 2.88. The van der Waals surface area contributed by atoms with Crippen LogP contribution in [0.15, 0.2) is 48.5 Å². The molecule has 0 bridgehead atoms.